The second-order valence-electron chi connectivity index (χ2n) is 5.00. The summed E-state index contributed by atoms with van der Waals surface area (Å²) in [6.45, 7) is 2.88. The number of ether oxygens (including phenoxy) is 1. The maximum Gasteiger partial charge on any atom is 0.309 e. The Kier molecular flexibility index (Phi) is 5.05. The molecular weight excluding hydrogens is 270 g/mol. The van der Waals surface area contributed by atoms with Crippen LogP contribution in [0, 0.1) is 5.92 Å². The van der Waals surface area contributed by atoms with Gasteiger partial charge in [-0.25, -0.2) is 0 Å². The van der Waals surface area contributed by atoms with E-state index in [1.165, 1.54) is 7.11 Å². The van der Waals surface area contributed by atoms with E-state index in [4.69, 9.17) is 9.26 Å². The fourth-order valence-corrected chi connectivity index (χ4v) is 2.06. The molecule has 0 saturated heterocycles. The van der Waals surface area contributed by atoms with Gasteiger partial charge in [-0.1, -0.05) is 42.4 Å². The quantitative estimate of drug-likeness (QED) is 0.757. The average molecular weight is 289 g/mol. The standard InChI is InChI=1S/C15H19N3O3/c1-11(15(19)20-3)9-18(2)10-13-16-14(17-21-13)12-7-5-4-6-8-12/h4-8,11H,9-10H2,1-3H3. The molecule has 1 unspecified atom stereocenters. The van der Waals surface area contributed by atoms with Gasteiger partial charge in [0.15, 0.2) is 0 Å². The van der Waals surface area contributed by atoms with Gasteiger partial charge in [0.05, 0.1) is 19.6 Å². The van der Waals surface area contributed by atoms with Gasteiger partial charge >= 0.3 is 5.97 Å². The molecule has 0 saturated carbocycles. The Balaban J connectivity index is 1.95. The first kappa shape index (κ1) is 15.2. The minimum Gasteiger partial charge on any atom is -0.469 e. The van der Waals surface area contributed by atoms with Crippen LogP contribution >= 0.6 is 0 Å². The molecular formula is C15H19N3O3. The van der Waals surface area contributed by atoms with Crippen LogP contribution in [0.3, 0.4) is 0 Å². The number of rotatable bonds is 6. The number of benzene rings is 1. The first-order chi connectivity index (χ1) is 10.1. The number of carbonyl (C=O) groups is 1. The van der Waals surface area contributed by atoms with Gasteiger partial charge in [-0.2, -0.15) is 4.98 Å². The van der Waals surface area contributed by atoms with Gasteiger partial charge in [-0.3, -0.25) is 9.69 Å². The fourth-order valence-electron chi connectivity index (χ4n) is 2.06. The van der Waals surface area contributed by atoms with E-state index in [1.807, 2.05) is 49.2 Å². The van der Waals surface area contributed by atoms with E-state index < -0.39 is 0 Å². The van der Waals surface area contributed by atoms with Crippen LogP contribution in [0.1, 0.15) is 12.8 Å². The molecule has 0 N–H and O–H groups in total. The predicted octanol–water partition coefficient (Wildman–Crippen LogP) is 1.98. The summed E-state index contributed by atoms with van der Waals surface area (Å²) in [7, 11) is 3.29. The molecule has 1 atom stereocenters. The van der Waals surface area contributed by atoms with Gasteiger partial charge in [0.2, 0.25) is 11.7 Å². The Bertz CT molecular complexity index is 583. The highest BCUT2D eigenvalue weighted by atomic mass is 16.5. The monoisotopic (exact) mass is 289 g/mol. The molecule has 2 rings (SSSR count). The summed E-state index contributed by atoms with van der Waals surface area (Å²) in [6, 6.07) is 9.65. The van der Waals surface area contributed by atoms with Crippen molar-refractivity contribution in [2.45, 2.75) is 13.5 Å². The largest absolute Gasteiger partial charge is 0.469 e. The topological polar surface area (TPSA) is 68.5 Å². The molecule has 0 spiro atoms. The van der Waals surface area contributed by atoms with Gasteiger partial charge in [0.25, 0.3) is 0 Å². The van der Waals surface area contributed by atoms with E-state index in [-0.39, 0.29) is 11.9 Å². The molecule has 6 heteroatoms. The van der Waals surface area contributed by atoms with Crippen molar-refractivity contribution in [1.82, 2.24) is 15.0 Å². The maximum atomic E-state index is 11.4. The normalized spacial score (nSPS) is 12.4. The minimum atomic E-state index is -0.225. The zero-order chi connectivity index (χ0) is 15.2. The van der Waals surface area contributed by atoms with E-state index in [2.05, 4.69) is 10.1 Å². The van der Waals surface area contributed by atoms with Gasteiger partial charge in [0, 0.05) is 12.1 Å². The zero-order valence-electron chi connectivity index (χ0n) is 12.4. The smallest absolute Gasteiger partial charge is 0.309 e. The number of aromatic nitrogens is 2. The molecule has 1 heterocycles. The first-order valence-electron chi connectivity index (χ1n) is 6.74. The molecule has 0 radical (unpaired) electrons. The SMILES string of the molecule is COC(=O)C(C)CN(C)Cc1nc(-c2ccccc2)no1. The average Bonchev–Trinajstić information content (AvgIpc) is 2.95. The van der Waals surface area contributed by atoms with Gasteiger partial charge in [-0.15, -0.1) is 0 Å². The van der Waals surface area contributed by atoms with Crippen LogP contribution in [-0.2, 0) is 16.1 Å². The van der Waals surface area contributed by atoms with Crippen molar-refractivity contribution in [1.29, 1.82) is 0 Å². The Morgan fingerprint density at radius 3 is 2.76 bits per heavy atom. The predicted molar refractivity (Wildman–Crippen MR) is 77.2 cm³/mol. The van der Waals surface area contributed by atoms with Crippen molar-refractivity contribution < 1.29 is 14.1 Å². The molecule has 6 nitrogen and oxygen atoms in total. The second-order valence-corrected chi connectivity index (χ2v) is 5.00. The fraction of sp³-hybridized carbons (Fsp3) is 0.400. The van der Waals surface area contributed by atoms with Crippen LogP contribution in [-0.4, -0.2) is 41.7 Å². The lowest BCUT2D eigenvalue weighted by Gasteiger charge is -2.17. The van der Waals surface area contributed by atoms with Crippen LogP contribution in [0.5, 0.6) is 0 Å². The van der Waals surface area contributed by atoms with Crippen LogP contribution in [0.25, 0.3) is 11.4 Å². The van der Waals surface area contributed by atoms with Crippen molar-refractivity contribution in [3.8, 4) is 11.4 Å². The van der Waals surface area contributed by atoms with Crippen molar-refractivity contribution in [3.63, 3.8) is 0 Å². The maximum absolute atomic E-state index is 11.4. The van der Waals surface area contributed by atoms with E-state index in [0.717, 1.165) is 5.56 Å². The van der Waals surface area contributed by atoms with Gasteiger partial charge < -0.3 is 9.26 Å². The molecule has 0 aliphatic heterocycles. The molecule has 0 aliphatic rings. The third-order valence-corrected chi connectivity index (χ3v) is 3.09. The lowest BCUT2D eigenvalue weighted by Crippen LogP contribution is -2.29. The van der Waals surface area contributed by atoms with Crippen molar-refractivity contribution in [3.05, 3.63) is 36.2 Å². The van der Waals surface area contributed by atoms with E-state index >= 15 is 0 Å². The minimum absolute atomic E-state index is 0.198. The van der Waals surface area contributed by atoms with E-state index in [9.17, 15) is 4.79 Å². The summed E-state index contributed by atoms with van der Waals surface area (Å²) in [4.78, 5) is 17.7. The highest BCUT2D eigenvalue weighted by Gasteiger charge is 2.17. The van der Waals surface area contributed by atoms with E-state index in [0.29, 0.717) is 24.8 Å². The first-order valence-corrected chi connectivity index (χ1v) is 6.74. The number of methoxy groups -OCH3 is 1. The van der Waals surface area contributed by atoms with Crippen LogP contribution in [0.2, 0.25) is 0 Å². The Morgan fingerprint density at radius 2 is 2.10 bits per heavy atom. The van der Waals surface area contributed by atoms with Crippen molar-refractivity contribution >= 4 is 5.97 Å². The molecule has 1 aromatic carbocycles. The molecule has 1 aromatic heterocycles. The molecule has 0 fully saturated rings. The second kappa shape index (κ2) is 6.99. The Labute approximate surface area is 123 Å². The summed E-state index contributed by atoms with van der Waals surface area (Å²) < 4.78 is 9.95. The van der Waals surface area contributed by atoms with Crippen molar-refractivity contribution in [2.75, 3.05) is 20.7 Å². The molecule has 0 bridgehead atoms. The summed E-state index contributed by atoms with van der Waals surface area (Å²) in [5, 5.41) is 3.97. The third kappa shape index (κ3) is 4.13. The summed E-state index contributed by atoms with van der Waals surface area (Å²) in [5.41, 5.74) is 0.915. The lowest BCUT2D eigenvalue weighted by atomic mass is 10.2. The van der Waals surface area contributed by atoms with E-state index in [1.54, 1.807) is 0 Å². The molecule has 112 valence electrons. The number of hydrogen-bond acceptors (Lipinski definition) is 6. The van der Waals surface area contributed by atoms with Crippen LogP contribution < -0.4 is 0 Å². The van der Waals surface area contributed by atoms with Crippen LogP contribution in [0.4, 0.5) is 0 Å². The number of nitrogens with zero attached hydrogens (tertiary/aromatic N) is 3. The van der Waals surface area contributed by atoms with Crippen molar-refractivity contribution in [2.24, 2.45) is 5.92 Å². The Hall–Kier alpha value is -2.21. The summed E-state index contributed by atoms with van der Waals surface area (Å²) >= 11 is 0. The lowest BCUT2D eigenvalue weighted by molar-refractivity contribution is -0.145. The summed E-state index contributed by atoms with van der Waals surface area (Å²) in [5.74, 6) is 0.669. The number of esters is 1. The molecule has 0 amide bonds. The van der Waals surface area contributed by atoms with Crippen LogP contribution in [0.15, 0.2) is 34.9 Å². The third-order valence-electron chi connectivity index (χ3n) is 3.09. The Morgan fingerprint density at radius 1 is 1.38 bits per heavy atom. The highest BCUT2D eigenvalue weighted by Crippen LogP contribution is 2.15. The van der Waals surface area contributed by atoms with Gasteiger partial charge in [-0.05, 0) is 7.05 Å². The molecule has 0 aliphatic carbocycles. The number of hydrogen-bond donors (Lipinski definition) is 0. The van der Waals surface area contributed by atoms with Gasteiger partial charge in [0.1, 0.15) is 0 Å². The zero-order valence-corrected chi connectivity index (χ0v) is 12.4. The number of carbonyl (C=O) groups excluding carboxylic acids is 1. The molecule has 2 aromatic rings. The summed E-state index contributed by atoms with van der Waals surface area (Å²) in [6.07, 6.45) is 0. The highest BCUT2D eigenvalue weighted by molar-refractivity contribution is 5.72. The molecule has 21 heavy (non-hydrogen) atoms.